The molecule has 3 nitrogen and oxygen atoms in total. The molecule has 1 aliphatic heterocycles. The van der Waals surface area contributed by atoms with Crippen molar-refractivity contribution >= 4 is 0 Å². The van der Waals surface area contributed by atoms with E-state index in [4.69, 9.17) is 5.73 Å². The molecule has 1 unspecified atom stereocenters. The molecular formula is C14H31N3. The van der Waals surface area contributed by atoms with Crippen LogP contribution in [-0.4, -0.2) is 54.1 Å². The van der Waals surface area contributed by atoms with Crippen molar-refractivity contribution in [2.24, 2.45) is 5.73 Å². The van der Waals surface area contributed by atoms with Crippen LogP contribution in [0.1, 0.15) is 47.0 Å². The van der Waals surface area contributed by atoms with Crippen LogP contribution >= 0.6 is 0 Å². The number of rotatable bonds is 5. The first kappa shape index (κ1) is 14.9. The molecule has 1 heterocycles. The number of hydrogen-bond acceptors (Lipinski definition) is 3. The second-order valence-corrected chi connectivity index (χ2v) is 5.58. The number of nitrogens with two attached hydrogens (primary N) is 1. The Morgan fingerprint density at radius 2 is 1.82 bits per heavy atom. The van der Waals surface area contributed by atoms with Gasteiger partial charge in [0.15, 0.2) is 0 Å². The van der Waals surface area contributed by atoms with Crippen LogP contribution in [0.15, 0.2) is 0 Å². The fraction of sp³-hybridized carbons (Fsp3) is 1.00. The van der Waals surface area contributed by atoms with Gasteiger partial charge in [0.1, 0.15) is 0 Å². The zero-order valence-electron chi connectivity index (χ0n) is 12.2. The summed E-state index contributed by atoms with van der Waals surface area (Å²) in [6.45, 7) is 14.6. The van der Waals surface area contributed by atoms with E-state index in [-0.39, 0.29) is 5.54 Å². The summed E-state index contributed by atoms with van der Waals surface area (Å²) >= 11 is 0. The van der Waals surface area contributed by atoms with Gasteiger partial charge in [-0.05, 0) is 52.7 Å². The highest BCUT2D eigenvalue weighted by atomic mass is 15.2. The number of hydrogen-bond donors (Lipinski definition) is 1. The van der Waals surface area contributed by atoms with Gasteiger partial charge in [-0.25, -0.2) is 0 Å². The Hall–Kier alpha value is -0.120. The molecule has 17 heavy (non-hydrogen) atoms. The Kier molecular flexibility index (Phi) is 5.90. The van der Waals surface area contributed by atoms with Crippen LogP contribution in [0.4, 0.5) is 0 Å². The zero-order valence-corrected chi connectivity index (χ0v) is 12.2. The summed E-state index contributed by atoms with van der Waals surface area (Å²) < 4.78 is 0. The van der Waals surface area contributed by atoms with Gasteiger partial charge < -0.3 is 10.6 Å². The van der Waals surface area contributed by atoms with Crippen LogP contribution in [-0.2, 0) is 0 Å². The first-order valence-corrected chi connectivity index (χ1v) is 7.28. The highest BCUT2D eigenvalue weighted by molar-refractivity contribution is 4.94. The highest BCUT2D eigenvalue weighted by Gasteiger charge is 2.35. The molecule has 0 aromatic carbocycles. The van der Waals surface area contributed by atoms with E-state index in [1.807, 2.05) is 0 Å². The molecule has 1 aliphatic rings. The lowest BCUT2D eigenvalue weighted by atomic mass is 9.88. The van der Waals surface area contributed by atoms with Gasteiger partial charge in [-0.3, -0.25) is 4.90 Å². The van der Waals surface area contributed by atoms with Crippen LogP contribution < -0.4 is 5.73 Å². The quantitative estimate of drug-likeness (QED) is 0.798. The van der Waals surface area contributed by atoms with Gasteiger partial charge >= 0.3 is 0 Å². The highest BCUT2D eigenvalue weighted by Crippen LogP contribution is 2.28. The van der Waals surface area contributed by atoms with Gasteiger partial charge in [0, 0.05) is 24.7 Å². The lowest BCUT2D eigenvalue weighted by molar-refractivity contribution is 0.0878. The van der Waals surface area contributed by atoms with Gasteiger partial charge in [0.25, 0.3) is 0 Å². The smallest absolute Gasteiger partial charge is 0.0344 e. The van der Waals surface area contributed by atoms with Gasteiger partial charge in [-0.2, -0.15) is 0 Å². The van der Waals surface area contributed by atoms with Crippen molar-refractivity contribution in [3.05, 3.63) is 0 Å². The van der Waals surface area contributed by atoms with Crippen LogP contribution in [0.25, 0.3) is 0 Å². The van der Waals surface area contributed by atoms with E-state index in [0.717, 1.165) is 19.6 Å². The Bertz CT molecular complexity index is 214. The predicted molar refractivity (Wildman–Crippen MR) is 75.3 cm³/mol. The minimum Gasteiger partial charge on any atom is -0.329 e. The minimum absolute atomic E-state index is 0.257. The van der Waals surface area contributed by atoms with Crippen molar-refractivity contribution in [1.29, 1.82) is 0 Å². The van der Waals surface area contributed by atoms with Crippen LogP contribution in [0.5, 0.6) is 0 Å². The van der Waals surface area contributed by atoms with E-state index < -0.39 is 0 Å². The molecule has 0 aromatic heterocycles. The van der Waals surface area contributed by atoms with Crippen molar-refractivity contribution in [3.63, 3.8) is 0 Å². The summed E-state index contributed by atoms with van der Waals surface area (Å²) in [5.74, 6) is 0. The van der Waals surface area contributed by atoms with Crippen molar-refractivity contribution < 1.29 is 0 Å². The molecule has 1 fully saturated rings. The third-order valence-electron chi connectivity index (χ3n) is 4.50. The molecule has 102 valence electrons. The summed E-state index contributed by atoms with van der Waals surface area (Å²) in [6, 6.07) is 0.667. The Labute approximate surface area is 107 Å². The van der Waals surface area contributed by atoms with E-state index in [9.17, 15) is 0 Å². The van der Waals surface area contributed by atoms with E-state index in [1.54, 1.807) is 0 Å². The van der Waals surface area contributed by atoms with Crippen molar-refractivity contribution in [1.82, 2.24) is 9.80 Å². The first-order valence-electron chi connectivity index (χ1n) is 7.28. The van der Waals surface area contributed by atoms with Crippen molar-refractivity contribution in [2.45, 2.75) is 58.5 Å². The molecule has 2 N–H and O–H groups in total. The number of likely N-dealkylation sites (tertiary alicyclic amines) is 1. The van der Waals surface area contributed by atoms with E-state index in [1.165, 1.54) is 32.4 Å². The molecule has 0 aliphatic carbocycles. The first-order chi connectivity index (χ1) is 8.09. The third-order valence-corrected chi connectivity index (χ3v) is 4.50. The van der Waals surface area contributed by atoms with Gasteiger partial charge in [-0.1, -0.05) is 13.8 Å². The Morgan fingerprint density at radius 1 is 1.18 bits per heavy atom. The maximum atomic E-state index is 6.12. The maximum absolute atomic E-state index is 6.12. The van der Waals surface area contributed by atoms with E-state index >= 15 is 0 Å². The standard InChI is InChI=1S/C14H31N3/c1-5-17(6-2)14(12-15)8-7-10-16(11-9-14)13(3)4/h13H,5-12,15H2,1-4H3. The largest absolute Gasteiger partial charge is 0.329 e. The zero-order chi connectivity index (χ0) is 12.9. The molecule has 0 aromatic rings. The second-order valence-electron chi connectivity index (χ2n) is 5.58. The predicted octanol–water partition coefficient (Wildman–Crippen LogP) is 1.92. The monoisotopic (exact) mass is 241 g/mol. The fourth-order valence-electron chi connectivity index (χ4n) is 3.26. The summed E-state index contributed by atoms with van der Waals surface area (Å²) in [4.78, 5) is 5.18. The van der Waals surface area contributed by atoms with E-state index in [2.05, 4.69) is 37.5 Å². The SMILES string of the molecule is CCN(CC)C1(CN)CCCN(C(C)C)CC1. The summed E-state index contributed by atoms with van der Waals surface area (Å²) in [5.41, 5.74) is 6.38. The van der Waals surface area contributed by atoms with Crippen molar-refractivity contribution in [2.75, 3.05) is 32.7 Å². The molecule has 0 amide bonds. The van der Waals surface area contributed by atoms with Gasteiger partial charge in [0.05, 0.1) is 0 Å². The molecule has 0 bridgehead atoms. The second kappa shape index (κ2) is 6.72. The molecule has 1 saturated heterocycles. The normalized spacial score (nSPS) is 27.7. The molecule has 1 rings (SSSR count). The average Bonchev–Trinajstić information content (AvgIpc) is 2.54. The summed E-state index contributed by atoms with van der Waals surface area (Å²) in [7, 11) is 0. The van der Waals surface area contributed by atoms with Crippen LogP contribution in [0.3, 0.4) is 0 Å². The lowest BCUT2D eigenvalue weighted by Crippen LogP contribution is -2.54. The molecular weight excluding hydrogens is 210 g/mol. The fourth-order valence-corrected chi connectivity index (χ4v) is 3.26. The van der Waals surface area contributed by atoms with E-state index in [0.29, 0.717) is 6.04 Å². The lowest BCUT2D eigenvalue weighted by Gasteiger charge is -2.42. The molecule has 1 atom stereocenters. The molecule has 0 radical (unpaired) electrons. The maximum Gasteiger partial charge on any atom is 0.0344 e. The van der Waals surface area contributed by atoms with Crippen molar-refractivity contribution in [3.8, 4) is 0 Å². The number of nitrogens with zero attached hydrogens (tertiary/aromatic N) is 2. The van der Waals surface area contributed by atoms with Gasteiger partial charge in [0.2, 0.25) is 0 Å². The minimum atomic E-state index is 0.257. The third kappa shape index (κ3) is 3.43. The number of likely N-dealkylation sites (N-methyl/N-ethyl adjacent to an activating group) is 1. The summed E-state index contributed by atoms with van der Waals surface area (Å²) in [5, 5.41) is 0. The Balaban J connectivity index is 2.73. The average molecular weight is 241 g/mol. The molecule has 3 heteroatoms. The topological polar surface area (TPSA) is 32.5 Å². The molecule has 0 saturated carbocycles. The molecule has 0 spiro atoms. The summed E-state index contributed by atoms with van der Waals surface area (Å²) in [6.07, 6.45) is 3.77. The van der Waals surface area contributed by atoms with Crippen LogP contribution in [0, 0.1) is 0 Å². The van der Waals surface area contributed by atoms with Gasteiger partial charge in [-0.15, -0.1) is 0 Å². The Morgan fingerprint density at radius 3 is 2.29 bits per heavy atom. The van der Waals surface area contributed by atoms with Crippen LogP contribution in [0.2, 0.25) is 0 Å².